The van der Waals surface area contributed by atoms with E-state index in [4.69, 9.17) is 18.7 Å². The first-order valence-electron chi connectivity index (χ1n) is 9.60. The number of aromatic nitrogens is 1. The number of anilines is 2. The lowest BCUT2D eigenvalue weighted by Gasteiger charge is -2.23. The summed E-state index contributed by atoms with van der Waals surface area (Å²) >= 11 is 0. The Labute approximate surface area is 172 Å². The number of rotatable bonds is 5. The summed E-state index contributed by atoms with van der Waals surface area (Å²) in [5, 5.41) is 6.84. The van der Waals surface area contributed by atoms with Crippen LogP contribution in [0.3, 0.4) is 0 Å². The van der Waals surface area contributed by atoms with Gasteiger partial charge in [-0.1, -0.05) is 17.3 Å². The predicted molar refractivity (Wildman–Crippen MR) is 105 cm³/mol. The number of nitrogens with one attached hydrogen (secondary N) is 1. The molecule has 0 radical (unpaired) electrons. The first-order chi connectivity index (χ1) is 14.4. The van der Waals surface area contributed by atoms with Crippen LogP contribution in [0.1, 0.15) is 5.76 Å². The van der Waals surface area contributed by atoms with Crippen molar-refractivity contribution < 1.29 is 28.3 Å². The minimum Gasteiger partial charge on any atom is -0.497 e. The van der Waals surface area contributed by atoms with Gasteiger partial charge in [-0.2, -0.15) is 0 Å². The van der Waals surface area contributed by atoms with Crippen LogP contribution in [0.15, 0.2) is 40.9 Å². The monoisotopic (exact) mass is 411 g/mol. The number of nitrogens with zero attached hydrogens (tertiary/aromatic N) is 2. The normalized spacial score (nSPS) is 28.7. The fraction of sp³-hybridized carbons (Fsp3) is 0.381. The number of ether oxygens (including phenoxy) is 3. The van der Waals surface area contributed by atoms with Gasteiger partial charge < -0.3 is 24.1 Å². The molecule has 2 bridgehead atoms. The molecule has 5 rings (SSSR count). The first kappa shape index (κ1) is 18.7. The second-order valence-corrected chi connectivity index (χ2v) is 7.71. The summed E-state index contributed by atoms with van der Waals surface area (Å²) in [6.07, 6.45) is 3.30. The Balaban J connectivity index is 1.42. The van der Waals surface area contributed by atoms with Gasteiger partial charge in [0.1, 0.15) is 22.9 Å². The Hall–Kier alpha value is -3.33. The zero-order valence-corrected chi connectivity index (χ0v) is 16.7. The van der Waals surface area contributed by atoms with Crippen molar-refractivity contribution in [1.29, 1.82) is 0 Å². The molecule has 2 saturated heterocycles. The molecule has 2 unspecified atom stereocenters. The van der Waals surface area contributed by atoms with Gasteiger partial charge in [0, 0.05) is 30.0 Å². The highest BCUT2D eigenvalue weighted by Crippen LogP contribution is 2.52. The van der Waals surface area contributed by atoms with E-state index in [1.807, 2.05) is 12.2 Å². The van der Waals surface area contributed by atoms with E-state index < -0.39 is 23.5 Å². The second-order valence-electron chi connectivity index (χ2n) is 7.71. The summed E-state index contributed by atoms with van der Waals surface area (Å²) in [4.78, 5) is 28.0. The molecule has 2 amide bonds. The van der Waals surface area contributed by atoms with Crippen LogP contribution in [0.5, 0.6) is 11.5 Å². The maximum absolute atomic E-state index is 13.3. The van der Waals surface area contributed by atoms with Gasteiger partial charge in [-0.25, -0.2) is 0 Å². The largest absolute Gasteiger partial charge is 0.497 e. The van der Waals surface area contributed by atoms with Gasteiger partial charge in [-0.05, 0) is 6.92 Å². The maximum Gasteiger partial charge on any atom is 0.235 e. The Kier molecular flexibility index (Phi) is 4.11. The van der Waals surface area contributed by atoms with Crippen molar-refractivity contribution in [2.45, 2.75) is 18.6 Å². The molecule has 2 fully saturated rings. The fourth-order valence-electron chi connectivity index (χ4n) is 4.58. The third-order valence-electron chi connectivity index (χ3n) is 5.91. The molecule has 156 valence electrons. The SMILES string of the molecule is COc1cc(NC(=O)C2C3C(=O)N(c4cc(C)on4)C[C@@]34C=C[C@H]2O4)cc(OC)c1. The Morgan fingerprint density at radius 2 is 1.97 bits per heavy atom. The average Bonchev–Trinajstić information content (AvgIpc) is 3.48. The third-order valence-corrected chi connectivity index (χ3v) is 5.91. The fourth-order valence-corrected chi connectivity index (χ4v) is 4.58. The molecule has 30 heavy (non-hydrogen) atoms. The molecule has 1 N–H and O–H groups in total. The molecule has 1 aromatic heterocycles. The van der Waals surface area contributed by atoms with Crippen LogP contribution in [0.2, 0.25) is 0 Å². The topological polar surface area (TPSA) is 103 Å². The molecule has 2 aromatic rings. The lowest BCUT2D eigenvalue weighted by Crippen LogP contribution is -2.41. The lowest BCUT2D eigenvalue weighted by molar-refractivity contribution is -0.128. The number of aryl methyl sites for hydroxylation is 1. The summed E-state index contributed by atoms with van der Waals surface area (Å²) < 4.78 is 21.8. The Morgan fingerprint density at radius 3 is 2.60 bits per heavy atom. The van der Waals surface area contributed by atoms with Crippen LogP contribution in [-0.4, -0.2) is 49.4 Å². The zero-order valence-electron chi connectivity index (χ0n) is 16.7. The van der Waals surface area contributed by atoms with Gasteiger partial charge in [0.15, 0.2) is 5.82 Å². The maximum atomic E-state index is 13.3. The van der Waals surface area contributed by atoms with Crippen molar-refractivity contribution >= 4 is 23.3 Å². The van der Waals surface area contributed by atoms with E-state index in [9.17, 15) is 9.59 Å². The summed E-state index contributed by atoms with van der Waals surface area (Å²) in [6.45, 7) is 2.06. The van der Waals surface area contributed by atoms with Crippen LogP contribution in [0.25, 0.3) is 0 Å². The number of carbonyl (C=O) groups excluding carboxylic acids is 2. The summed E-state index contributed by atoms with van der Waals surface area (Å²) in [5.41, 5.74) is -0.311. The van der Waals surface area contributed by atoms with E-state index in [2.05, 4.69) is 10.5 Å². The lowest BCUT2D eigenvalue weighted by atomic mass is 9.77. The zero-order chi connectivity index (χ0) is 21.0. The highest BCUT2D eigenvalue weighted by Gasteiger charge is 2.67. The van der Waals surface area contributed by atoms with Crippen LogP contribution in [0.4, 0.5) is 11.5 Å². The van der Waals surface area contributed by atoms with Gasteiger partial charge in [0.05, 0.1) is 38.7 Å². The van der Waals surface area contributed by atoms with Crippen molar-refractivity contribution in [2.24, 2.45) is 11.8 Å². The van der Waals surface area contributed by atoms with Crippen molar-refractivity contribution in [3.8, 4) is 11.5 Å². The van der Waals surface area contributed by atoms with Gasteiger partial charge in [0.2, 0.25) is 11.8 Å². The van der Waals surface area contributed by atoms with E-state index in [0.717, 1.165) is 0 Å². The number of benzene rings is 1. The number of methoxy groups -OCH3 is 2. The number of carbonyl (C=O) groups is 2. The Morgan fingerprint density at radius 1 is 1.23 bits per heavy atom. The average molecular weight is 411 g/mol. The minimum atomic E-state index is -0.831. The minimum absolute atomic E-state index is 0.196. The molecule has 4 heterocycles. The molecule has 1 aromatic carbocycles. The van der Waals surface area contributed by atoms with Crippen LogP contribution >= 0.6 is 0 Å². The molecule has 3 aliphatic heterocycles. The quantitative estimate of drug-likeness (QED) is 0.750. The number of amides is 2. The molecule has 0 aliphatic carbocycles. The number of hydrogen-bond donors (Lipinski definition) is 1. The van der Waals surface area contributed by atoms with Gasteiger partial charge in [-0.15, -0.1) is 0 Å². The molecule has 0 saturated carbocycles. The predicted octanol–water partition coefficient (Wildman–Crippen LogP) is 1.93. The van der Waals surface area contributed by atoms with Gasteiger partial charge in [0.25, 0.3) is 0 Å². The van der Waals surface area contributed by atoms with Crippen molar-refractivity contribution in [3.63, 3.8) is 0 Å². The smallest absolute Gasteiger partial charge is 0.235 e. The standard InChI is InChI=1S/C21H21N3O6/c1-11-6-16(23-30-11)24-10-21-5-4-15(29-21)17(18(21)20(24)26)19(25)22-12-7-13(27-2)9-14(8-12)28-3/h4-9,15,17-18H,10H2,1-3H3,(H,22,25)/t15-,17?,18?,21+/m1/s1. The van der Waals surface area contributed by atoms with Crippen molar-refractivity contribution in [1.82, 2.24) is 5.16 Å². The van der Waals surface area contributed by atoms with Gasteiger partial charge in [-0.3, -0.25) is 14.5 Å². The van der Waals surface area contributed by atoms with E-state index in [1.165, 1.54) is 19.1 Å². The molecule has 9 heteroatoms. The van der Waals surface area contributed by atoms with Crippen LogP contribution in [0, 0.1) is 18.8 Å². The van der Waals surface area contributed by atoms with E-state index in [1.54, 1.807) is 31.2 Å². The molecule has 4 atom stereocenters. The van der Waals surface area contributed by atoms with E-state index in [0.29, 0.717) is 35.3 Å². The Bertz CT molecular complexity index is 1040. The van der Waals surface area contributed by atoms with E-state index in [-0.39, 0.29) is 11.8 Å². The van der Waals surface area contributed by atoms with Crippen molar-refractivity contribution in [3.05, 3.63) is 42.2 Å². The summed E-state index contributed by atoms with van der Waals surface area (Å²) in [7, 11) is 3.08. The number of fused-ring (bicyclic) bond motifs is 1. The van der Waals surface area contributed by atoms with Crippen LogP contribution < -0.4 is 19.7 Å². The molecule has 3 aliphatic rings. The van der Waals surface area contributed by atoms with Crippen LogP contribution in [-0.2, 0) is 14.3 Å². The third kappa shape index (κ3) is 2.69. The first-order valence-corrected chi connectivity index (χ1v) is 9.60. The molecular weight excluding hydrogens is 390 g/mol. The molecule has 9 nitrogen and oxygen atoms in total. The summed E-state index contributed by atoms with van der Waals surface area (Å²) in [6, 6.07) is 6.80. The van der Waals surface area contributed by atoms with Gasteiger partial charge >= 0.3 is 0 Å². The highest BCUT2D eigenvalue weighted by atomic mass is 16.5. The second kappa shape index (κ2) is 6.60. The van der Waals surface area contributed by atoms with Crippen molar-refractivity contribution in [2.75, 3.05) is 31.0 Å². The number of hydrogen-bond acceptors (Lipinski definition) is 7. The highest BCUT2D eigenvalue weighted by molar-refractivity contribution is 6.05. The summed E-state index contributed by atoms with van der Waals surface area (Å²) in [5.74, 6) is 0.364. The molecular formula is C21H21N3O6. The van der Waals surface area contributed by atoms with E-state index >= 15 is 0 Å². The molecule has 1 spiro atoms.